The Balaban J connectivity index is 2.12. The molecular weight excluding hydrogens is 637 g/mol. The molecule has 0 fully saturated rings. The monoisotopic (exact) mass is 668 g/mol. The molecule has 6 heteroatoms. The third kappa shape index (κ3) is 4.64. The predicted octanol–water partition coefficient (Wildman–Crippen LogP) is 3.29. The molecule has 0 aliphatic rings. The second-order valence-corrected chi connectivity index (χ2v) is 19.6. The van der Waals surface area contributed by atoms with E-state index in [1.54, 1.807) is 14.1 Å². The number of hydrogen-bond donors (Lipinski definition) is 0. The molecule has 0 saturated carbocycles. The van der Waals surface area contributed by atoms with Crippen molar-refractivity contribution in [1.29, 1.82) is 0 Å². The van der Waals surface area contributed by atoms with Crippen LogP contribution in [-0.4, -0.2) is 62.7 Å². The summed E-state index contributed by atoms with van der Waals surface area (Å²) in [6.45, 7) is 4.17. The van der Waals surface area contributed by atoms with Crippen molar-refractivity contribution in [2.75, 3.05) is 33.1 Å². The van der Waals surface area contributed by atoms with Crippen molar-refractivity contribution in [3.8, 4) is 0 Å². The van der Waals surface area contributed by atoms with E-state index in [0.717, 1.165) is 19.7 Å². The van der Waals surface area contributed by atoms with Crippen LogP contribution in [0.1, 0.15) is 11.1 Å². The quantitative estimate of drug-likeness (QED) is 0.297. The Hall–Kier alpha value is -2.27. The van der Waals surface area contributed by atoms with Gasteiger partial charge in [-0.1, -0.05) is 0 Å². The van der Waals surface area contributed by atoms with Gasteiger partial charge < -0.3 is 0 Å². The van der Waals surface area contributed by atoms with E-state index < -0.39 is 31.8 Å². The van der Waals surface area contributed by atoms with Crippen LogP contribution in [0, 0.1) is 13.8 Å². The molecule has 0 heterocycles. The molecule has 34 heavy (non-hydrogen) atoms. The Morgan fingerprint density at radius 1 is 0.647 bits per heavy atom. The first-order valence-corrected chi connectivity index (χ1v) is 17.9. The van der Waals surface area contributed by atoms with E-state index in [-0.39, 0.29) is 0 Å². The van der Waals surface area contributed by atoms with Crippen LogP contribution in [0.25, 0.3) is 10.8 Å². The Labute approximate surface area is 211 Å². The van der Waals surface area contributed by atoms with Crippen molar-refractivity contribution in [3.05, 3.63) is 90.0 Å². The van der Waals surface area contributed by atoms with Crippen LogP contribution < -0.4 is 14.7 Å². The summed E-state index contributed by atoms with van der Waals surface area (Å²) in [7, 11) is 3.53. The fourth-order valence-corrected chi connectivity index (χ4v) is 16.4. The van der Waals surface area contributed by atoms with E-state index in [4.69, 9.17) is 0 Å². The van der Waals surface area contributed by atoms with Gasteiger partial charge >= 0.3 is 213 Å². The van der Waals surface area contributed by atoms with Crippen molar-refractivity contribution in [2.45, 2.75) is 18.7 Å². The molecule has 4 aromatic rings. The molecule has 4 rings (SSSR count). The van der Waals surface area contributed by atoms with Crippen molar-refractivity contribution in [1.82, 2.24) is 4.31 Å². The molecular formula is C28H31BiN2O2S. The predicted molar refractivity (Wildman–Crippen MR) is 146 cm³/mol. The minimum absolute atomic E-state index is 0.456. The van der Waals surface area contributed by atoms with Gasteiger partial charge in [0.25, 0.3) is 0 Å². The third-order valence-electron chi connectivity index (χ3n) is 6.01. The Morgan fingerprint density at radius 3 is 1.65 bits per heavy atom. The van der Waals surface area contributed by atoms with Gasteiger partial charge in [0.05, 0.1) is 0 Å². The van der Waals surface area contributed by atoms with Crippen LogP contribution in [-0.2, 0) is 10.0 Å². The normalized spacial score (nSPS) is 12.0. The molecule has 0 N–H and O–H groups in total. The van der Waals surface area contributed by atoms with Crippen LogP contribution in [0.4, 0.5) is 5.69 Å². The molecule has 0 atom stereocenters. The van der Waals surface area contributed by atoms with E-state index in [9.17, 15) is 8.42 Å². The molecule has 0 aliphatic carbocycles. The zero-order valence-electron chi connectivity index (χ0n) is 20.6. The minimum atomic E-state index is -3.69. The zero-order chi connectivity index (χ0) is 24.6. The maximum atomic E-state index is 13.9. The number of sulfonamides is 1. The summed E-state index contributed by atoms with van der Waals surface area (Å²) in [5.41, 5.74) is 3.41. The van der Waals surface area contributed by atoms with Gasteiger partial charge in [-0.15, -0.1) is 0 Å². The topological polar surface area (TPSA) is 40.6 Å². The van der Waals surface area contributed by atoms with Crippen LogP contribution in [0.15, 0.2) is 83.8 Å². The second kappa shape index (κ2) is 9.77. The van der Waals surface area contributed by atoms with Gasteiger partial charge in [-0.2, -0.15) is 0 Å². The SMILES string of the molecule is Cc1cc[c]([Bi]([c]2ccc(C)cc2)[c]2ccc3c(N(C)C)cccc3c2S(=O)(=O)N(C)C)cc1. The molecule has 0 bridgehead atoms. The maximum absolute atomic E-state index is 13.9. The summed E-state index contributed by atoms with van der Waals surface area (Å²) >= 11 is -2.97. The van der Waals surface area contributed by atoms with Crippen molar-refractivity contribution in [2.24, 2.45) is 0 Å². The Kier molecular flexibility index (Phi) is 7.14. The summed E-state index contributed by atoms with van der Waals surface area (Å²) in [5.74, 6) is 0. The van der Waals surface area contributed by atoms with Crippen LogP contribution in [0.3, 0.4) is 0 Å². The molecule has 0 unspecified atom stereocenters. The van der Waals surface area contributed by atoms with E-state index in [2.05, 4.69) is 74.5 Å². The van der Waals surface area contributed by atoms with Gasteiger partial charge in [-0.25, -0.2) is 0 Å². The summed E-state index contributed by atoms with van der Waals surface area (Å²) in [4.78, 5) is 2.49. The summed E-state index contributed by atoms with van der Waals surface area (Å²) in [6.07, 6.45) is 0. The number of fused-ring (bicyclic) bond motifs is 1. The van der Waals surface area contributed by atoms with E-state index >= 15 is 0 Å². The fourth-order valence-electron chi connectivity index (χ4n) is 4.14. The summed E-state index contributed by atoms with van der Waals surface area (Å²) < 4.78 is 32.6. The van der Waals surface area contributed by atoms with Crippen molar-refractivity contribution >= 4 is 58.0 Å². The number of anilines is 1. The van der Waals surface area contributed by atoms with Crippen molar-refractivity contribution < 1.29 is 8.42 Å². The van der Waals surface area contributed by atoms with E-state index in [1.807, 2.05) is 37.2 Å². The van der Waals surface area contributed by atoms with Gasteiger partial charge in [0.15, 0.2) is 0 Å². The fraction of sp³-hybridized carbons (Fsp3) is 0.214. The summed E-state index contributed by atoms with van der Waals surface area (Å²) in [5, 5.41) is 1.74. The number of rotatable bonds is 6. The van der Waals surface area contributed by atoms with Gasteiger partial charge in [-0.3, -0.25) is 0 Å². The average Bonchev–Trinajstić information content (AvgIpc) is 2.80. The molecule has 0 spiro atoms. The molecule has 4 nitrogen and oxygen atoms in total. The van der Waals surface area contributed by atoms with E-state index in [1.165, 1.54) is 22.0 Å². The average molecular weight is 669 g/mol. The third-order valence-corrected chi connectivity index (χ3v) is 18.2. The van der Waals surface area contributed by atoms with Gasteiger partial charge in [-0.05, 0) is 0 Å². The first kappa shape index (κ1) is 24.8. The Bertz CT molecular complexity index is 1380. The number of nitrogens with zero attached hydrogens (tertiary/aromatic N) is 2. The van der Waals surface area contributed by atoms with E-state index in [0.29, 0.717) is 4.90 Å². The van der Waals surface area contributed by atoms with Crippen LogP contribution in [0.5, 0.6) is 0 Å². The first-order valence-electron chi connectivity index (χ1n) is 11.2. The molecule has 0 amide bonds. The van der Waals surface area contributed by atoms with Crippen LogP contribution in [0.2, 0.25) is 0 Å². The van der Waals surface area contributed by atoms with Crippen molar-refractivity contribution in [3.63, 3.8) is 0 Å². The number of benzene rings is 4. The van der Waals surface area contributed by atoms with Crippen LogP contribution >= 0.6 is 0 Å². The number of hydrogen-bond acceptors (Lipinski definition) is 3. The first-order chi connectivity index (χ1) is 16.1. The van der Waals surface area contributed by atoms with Gasteiger partial charge in [0.1, 0.15) is 0 Å². The molecule has 4 aromatic carbocycles. The van der Waals surface area contributed by atoms with Gasteiger partial charge in [0.2, 0.25) is 0 Å². The Morgan fingerprint density at radius 2 is 1.18 bits per heavy atom. The molecule has 176 valence electrons. The second-order valence-electron chi connectivity index (χ2n) is 8.97. The molecule has 0 radical (unpaired) electrons. The van der Waals surface area contributed by atoms with Gasteiger partial charge in [0, 0.05) is 0 Å². The number of aryl methyl sites for hydroxylation is 2. The molecule has 0 aliphatic heterocycles. The molecule has 0 aromatic heterocycles. The molecule has 0 saturated heterocycles. The zero-order valence-corrected chi connectivity index (χ0v) is 24.9. The standard InChI is InChI=1S/C14H17N2O2S.2C7H7.Bi/c1-15(2)13-9-5-8-12-11(13)7-6-10-14(12)19(17,18)16(3)4;2*1-7-5-3-2-4-6-7;/h5-9H,1-4H3;2*3-6H,1H3;. The summed E-state index contributed by atoms with van der Waals surface area (Å²) in [6, 6.07) is 27.5.